The molecule has 329 valence electrons. The Bertz CT molecular complexity index is 1180. The predicted octanol–water partition coefficient (Wildman–Crippen LogP) is 11.3. The van der Waals surface area contributed by atoms with Gasteiger partial charge in [0.15, 0.2) is 6.10 Å². The van der Waals surface area contributed by atoms with Crippen LogP contribution in [0.5, 0.6) is 0 Å². The first-order chi connectivity index (χ1) is 27.7. The van der Waals surface area contributed by atoms with Crippen LogP contribution in [0, 0.1) is 0 Å². The molecular weight excluding hydrogens is 766 g/mol. The fourth-order valence-corrected chi connectivity index (χ4v) is 6.34. The van der Waals surface area contributed by atoms with Gasteiger partial charge < -0.3 is 24.6 Å². The second-order valence-corrected chi connectivity index (χ2v) is 15.8. The van der Waals surface area contributed by atoms with E-state index in [0.717, 1.165) is 57.8 Å². The van der Waals surface area contributed by atoms with Gasteiger partial charge in [-0.1, -0.05) is 177 Å². The van der Waals surface area contributed by atoms with E-state index in [-0.39, 0.29) is 49.0 Å². The van der Waals surface area contributed by atoms with Crippen molar-refractivity contribution >= 4 is 49.3 Å². The standard InChI is InChI=1S/C46H79O10P.Na/c1-3-5-7-9-11-13-15-17-19-20-21-22-24-26-28-30-32-34-36-38-46(50)56-44(42-55-57(51,52)54-40-43(48)39-47)41-53-45(49)37-35-33-31-29-27-25-23-18-16-14-12-10-8-6-4-2;/h5,7,11,13,17,19,21-22,26,28,32,34,43-44,47-48H,3-4,6,8-10,12,14-16,18,20,23-25,27,29-31,33,35-42H2,1-2H3,(H,51,52);/b7-5-,13-11-,19-17-,22-21-,28-26-,34-32-;/t43?,44-;/m1./s1. The van der Waals surface area contributed by atoms with Crippen molar-refractivity contribution in [3.63, 3.8) is 0 Å². The molecule has 0 aliphatic rings. The third-order valence-corrected chi connectivity index (χ3v) is 9.84. The number of phosphoric acid groups is 1. The van der Waals surface area contributed by atoms with Crippen LogP contribution >= 0.6 is 7.82 Å². The zero-order valence-corrected chi connectivity index (χ0v) is 39.4. The van der Waals surface area contributed by atoms with E-state index in [9.17, 15) is 24.2 Å². The second kappa shape index (κ2) is 44.9. The van der Waals surface area contributed by atoms with Crippen molar-refractivity contribution in [2.24, 2.45) is 0 Å². The number of rotatable bonds is 40. The summed E-state index contributed by atoms with van der Waals surface area (Å²) >= 11 is 0. The number of ether oxygens (including phenoxy) is 2. The zero-order valence-electron chi connectivity index (χ0n) is 36.5. The maximum absolute atomic E-state index is 12.6. The van der Waals surface area contributed by atoms with Crippen molar-refractivity contribution < 1.29 is 47.8 Å². The summed E-state index contributed by atoms with van der Waals surface area (Å²) in [5, 5.41) is 18.3. The summed E-state index contributed by atoms with van der Waals surface area (Å²) in [6.45, 7) is 2.18. The van der Waals surface area contributed by atoms with Gasteiger partial charge in [-0.25, -0.2) is 4.57 Å². The molecule has 0 bridgehead atoms. The van der Waals surface area contributed by atoms with Gasteiger partial charge in [-0.3, -0.25) is 18.6 Å². The average molecular weight is 846 g/mol. The van der Waals surface area contributed by atoms with Gasteiger partial charge in [0.05, 0.1) is 19.8 Å². The molecule has 3 N–H and O–H groups in total. The largest absolute Gasteiger partial charge is 0.472 e. The van der Waals surface area contributed by atoms with Crippen molar-refractivity contribution in [1.29, 1.82) is 0 Å². The molecule has 0 aliphatic carbocycles. The molecule has 0 saturated carbocycles. The Kier molecular flexibility index (Phi) is 45.3. The molecule has 0 saturated heterocycles. The van der Waals surface area contributed by atoms with Crippen molar-refractivity contribution in [2.75, 3.05) is 26.4 Å². The van der Waals surface area contributed by atoms with Crippen molar-refractivity contribution in [2.45, 2.75) is 180 Å². The molecule has 12 heteroatoms. The zero-order chi connectivity index (χ0) is 41.9. The Morgan fingerprint density at radius 1 is 0.552 bits per heavy atom. The topological polar surface area (TPSA) is 149 Å². The molecule has 0 aromatic rings. The summed E-state index contributed by atoms with van der Waals surface area (Å²) in [7, 11) is -4.64. The summed E-state index contributed by atoms with van der Waals surface area (Å²) in [4.78, 5) is 35.0. The van der Waals surface area contributed by atoms with Gasteiger partial charge in [-0.15, -0.1) is 0 Å². The SMILES string of the molecule is CC/C=C\C/C=C\C/C=C\C/C=C\C/C=C\C/C=C\CCC(=O)O[C@H](COC(=O)CCCCCCCCCCCCCCCCC)COP(=O)(O)OCC(O)CO.[Na]. The summed E-state index contributed by atoms with van der Waals surface area (Å²) in [6, 6.07) is 0. The maximum Gasteiger partial charge on any atom is 0.472 e. The fraction of sp³-hybridized carbons (Fsp3) is 0.696. The molecule has 0 aliphatic heterocycles. The predicted molar refractivity (Wildman–Crippen MR) is 238 cm³/mol. The molecule has 0 fully saturated rings. The molecule has 0 amide bonds. The van der Waals surface area contributed by atoms with Crippen molar-refractivity contribution in [3.05, 3.63) is 72.9 Å². The van der Waals surface area contributed by atoms with Crippen LogP contribution in [0.15, 0.2) is 72.9 Å². The first kappa shape index (κ1) is 58.5. The van der Waals surface area contributed by atoms with Crippen molar-refractivity contribution in [1.82, 2.24) is 0 Å². The van der Waals surface area contributed by atoms with E-state index in [2.05, 4.69) is 79.1 Å². The Labute approximate surface area is 374 Å². The first-order valence-electron chi connectivity index (χ1n) is 21.9. The Morgan fingerprint density at radius 2 is 0.966 bits per heavy atom. The van der Waals surface area contributed by atoms with E-state index in [4.69, 9.17) is 19.1 Å². The van der Waals surface area contributed by atoms with E-state index in [1.807, 2.05) is 12.2 Å². The fourth-order valence-electron chi connectivity index (χ4n) is 5.55. The molecule has 2 unspecified atom stereocenters. The number of hydrogen-bond donors (Lipinski definition) is 3. The van der Waals surface area contributed by atoms with Crippen LogP contribution in [0.4, 0.5) is 0 Å². The van der Waals surface area contributed by atoms with Crippen LogP contribution in [0.2, 0.25) is 0 Å². The number of allylic oxidation sites excluding steroid dienone is 12. The molecule has 58 heavy (non-hydrogen) atoms. The summed E-state index contributed by atoms with van der Waals surface area (Å²) in [5.41, 5.74) is 0. The van der Waals surface area contributed by atoms with E-state index < -0.39 is 51.8 Å². The van der Waals surface area contributed by atoms with Crippen LogP contribution in [-0.4, -0.2) is 95.2 Å². The molecule has 0 spiro atoms. The van der Waals surface area contributed by atoms with Crippen LogP contribution in [-0.2, 0) is 32.7 Å². The average Bonchev–Trinajstić information content (AvgIpc) is 3.20. The number of carbonyl (C=O) groups is 2. The molecule has 10 nitrogen and oxygen atoms in total. The van der Waals surface area contributed by atoms with Gasteiger partial charge in [-0.2, -0.15) is 0 Å². The number of aliphatic hydroxyl groups excluding tert-OH is 2. The Balaban J connectivity index is 0. The minimum absolute atomic E-state index is 0. The summed E-state index contributed by atoms with van der Waals surface area (Å²) < 4.78 is 32.6. The van der Waals surface area contributed by atoms with Crippen LogP contribution in [0.3, 0.4) is 0 Å². The molecule has 0 aromatic carbocycles. The minimum atomic E-state index is -4.64. The molecule has 0 aromatic heterocycles. The van der Waals surface area contributed by atoms with Gasteiger partial charge in [0, 0.05) is 42.4 Å². The Morgan fingerprint density at radius 3 is 1.41 bits per heavy atom. The quantitative estimate of drug-likeness (QED) is 0.0179. The van der Waals surface area contributed by atoms with Crippen LogP contribution < -0.4 is 0 Å². The van der Waals surface area contributed by atoms with E-state index in [1.165, 1.54) is 70.6 Å². The van der Waals surface area contributed by atoms with Gasteiger partial charge in [0.1, 0.15) is 12.7 Å². The van der Waals surface area contributed by atoms with Gasteiger partial charge >= 0.3 is 19.8 Å². The molecule has 0 heterocycles. The van der Waals surface area contributed by atoms with Gasteiger partial charge in [-0.05, 0) is 51.4 Å². The third-order valence-electron chi connectivity index (χ3n) is 8.89. The summed E-state index contributed by atoms with van der Waals surface area (Å²) in [6.07, 6.45) is 47.4. The monoisotopic (exact) mass is 846 g/mol. The first-order valence-corrected chi connectivity index (χ1v) is 23.4. The van der Waals surface area contributed by atoms with Crippen LogP contribution in [0.25, 0.3) is 0 Å². The van der Waals surface area contributed by atoms with Gasteiger partial charge in [0.2, 0.25) is 0 Å². The smallest absolute Gasteiger partial charge is 0.462 e. The minimum Gasteiger partial charge on any atom is -0.462 e. The molecular formula is C46H79NaO10P. The van der Waals surface area contributed by atoms with E-state index in [0.29, 0.717) is 12.8 Å². The normalized spacial score (nSPS) is 14.3. The van der Waals surface area contributed by atoms with Crippen LogP contribution in [0.1, 0.15) is 168 Å². The summed E-state index contributed by atoms with van der Waals surface area (Å²) in [5.74, 6) is -1.02. The maximum atomic E-state index is 12.6. The molecule has 0 rings (SSSR count). The number of carbonyl (C=O) groups excluding carboxylic acids is 2. The number of phosphoric ester groups is 1. The second-order valence-electron chi connectivity index (χ2n) is 14.3. The number of esters is 2. The van der Waals surface area contributed by atoms with Gasteiger partial charge in [0.25, 0.3) is 0 Å². The number of unbranched alkanes of at least 4 members (excludes halogenated alkanes) is 14. The third kappa shape index (κ3) is 44.0. The van der Waals surface area contributed by atoms with Crippen molar-refractivity contribution in [3.8, 4) is 0 Å². The Hall–Kier alpha value is -1.59. The van der Waals surface area contributed by atoms with E-state index in [1.54, 1.807) is 0 Å². The molecule has 3 atom stereocenters. The number of hydrogen-bond acceptors (Lipinski definition) is 9. The number of aliphatic hydroxyl groups is 2. The molecule has 1 radical (unpaired) electrons. The van der Waals surface area contributed by atoms with E-state index >= 15 is 0 Å².